The molecule has 0 amide bonds. The van der Waals surface area contributed by atoms with Crippen molar-refractivity contribution in [2.45, 2.75) is 302 Å². The number of likely N-dealkylation sites (N-methyl/N-ethyl adjacent to an activating group) is 1. The molecule has 0 fully saturated rings. The van der Waals surface area contributed by atoms with Crippen molar-refractivity contribution in [2.75, 3.05) is 47.5 Å². The monoisotopic (exact) mass is 1220 g/mol. The van der Waals surface area contributed by atoms with Crippen LogP contribution in [0.2, 0.25) is 0 Å². The van der Waals surface area contributed by atoms with Crippen molar-refractivity contribution < 1.29 is 42.1 Å². The van der Waals surface area contributed by atoms with Gasteiger partial charge in [-0.2, -0.15) is 0 Å². The van der Waals surface area contributed by atoms with Crippen LogP contribution in [0.5, 0.6) is 0 Å². The Morgan fingerprint density at radius 2 is 0.628 bits per heavy atom. The quantitative estimate of drug-likeness (QED) is 0.0195. The van der Waals surface area contributed by atoms with E-state index in [9.17, 15) is 19.0 Å². The fourth-order valence-electron chi connectivity index (χ4n) is 9.65. The van der Waals surface area contributed by atoms with Crippen LogP contribution in [0.1, 0.15) is 296 Å². The number of hydrogen-bond donors (Lipinski definition) is 0. The van der Waals surface area contributed by atoms with Crippen LogP contribution in [-0.4, -0.2) is 70.0 Å². The van der Waals surface area contributed by atoms with Crippen molar-refractivity contribution in [1.82, 2.24) is 0 Å². The maximum Gasteiger partial charge on any atom is 0.306 e. The van der Waals surface area contributed by atoms with E-state index >= 15 is 0 Å². The molecule has 9 nitrogen and oxygen atoms in total. The second-order valence-corrected chi connectivity index (χ2v) is 25.9. The summed E-state index contributed by atoms with van der Waals surface area (Å²) in [6, 6.07) is 0. The van der Waals surface area contributed by atoms with Crippen LogP contribution in [0, 0.1) is 0 Å². The summed E-state index contributed by atoms with van der Waals surface area (Å²) >= 11 is 0. The fraction of sp³-hybridized carbons (Fsp3) is 0.711. The molecule has 0 aliphatic heterocycles. The normalized spacial score (nSPS) is 13.9. The lowest BCUT2D eigenvalue weighted by molar-refractivity contribution is -0.870. The molecule has 0 N–H and O–H groups in total. The number of allylic oxidation sites excluding steroid dienone is 20. The molecule has 0 heterocycles. The van der Waals surface area contributed by atoms with E-state index in [2.05, 4.69) is 135 Å². The molecule has 0 radical (unpaired) electrons. The van der Waals surface area contributed by atoms with Gasteiger partial charge in [0.15, 0.2) is 6.10 Å². The Kier molecular flexibility index (Phi) is 63.1. The second kappa shape index (κ2) is 65.8. The molecule has 86 heavy (non-hydrogen) atoms. The number of phosphoric ester groups is 1. The van der Waals surface area contributed by atoms with Gasteiger partial charge in [-0.25, -0.2) is 0 Å². The Labute approximate surface area is 530 Å². The van der Waals surface area contributed by atoms with Gasteiger partial charge in [0, 0.05) is 12.8 Å². The number of quaternary nitrogens is 1. The number of ether oxygens (including phenoxy) is 2. The average molecular weight is 1220 g/mol. The predicted octanol–water partition coefficient (Wildman–Crippen LogP) is 22.4. The number of esters is 2. The number of carbonyl (C=O) groups excluding carboxylic acids is 2. The third-order valence-corrected chi connectivity index (χ3v) is 15.9. The van der Waals surface area contributed by atoms with E-state index in [0.29, 0.717) is 17.4 Å². The lowest BCUT2D eigenvalue weighted by Crippen LogP contribution is -2.37. The molecule has 494 valence electrons. The van der Waals surface area contributed by atoms with Gasteiger partial charge in [0.1, 0.15) is 19.8 Å². The van der Waals surface area contributed by atoms with Gasteiger partial charge in [0.05, 0.1) is 27.7 Å². The third-order valence-electron chi connectivity index (χ3n) is 15.0. The predicted molar refractivity (Wildman–Crippen MR) is 369 cm³/mol. The van der Waals surface area contributed by atoms with E-state index in [-0.39, 0.29) is 32.0 Å². The summed E-state index contributed by atoms with van der Waals surface area (Å²) in [5.41, 5.74) is 0. The average Bonchev–Trinajstić information content (AvgIpc) is 3.70. The van der Waals surface area contributed by atoms with Crippen LogP contribution in [0.15, 0.2) is 122 Å². The smallest absolute Gasteiger partial charge is 0.306 e. The summed E-state index contributed by atoms with van der Waals surface area (Å²) in [6.45, 7) is 4.03. The zero-order valence-corrected chi connectivity index (χ0v) is 57.1. The SMILES string of the molecule is CC/C=C\C/C=C\C/C=C\C/C=C\C/C=C\CCCCCCCCCCCCCCCCCCCC(=O)OC(COC(=O)CCCCCCCCCCCCCCC/C=C\C/C=C\C/C=C\C/C=C\C/C=C\CC)COP(=O)([O-])OCC[N+](C)(C)C. The minimum absolute atomic E-state index is 0.0344. The third kappa shape index (κ3) is 69.5. The highest BCUT2D eigenvalue weighted by Crippen LogP contribution is 2.38. The maximum atomic E-state index is 12.9. The van der Waals surface area contributed by atoms with E-state index in [1.165, 1.54) is 161 Å². The van der Waals surface area contributed by atoms with E-state index < -0.39 is 26.5 Å². The Balaban J connectivity index is 4.04. The number of carbonyl (C=O) groups is 2. The molecule has 2 atom stereocenters. The number of rotatable bonds is 64. The minimum atomic E-state index is -4.65. The van der Waals surface area contributed by atoms with Gasteiger partial charge in [0.25, 0.3) is 7.82 Å². The summed E-state index contributed by atoms with van der Waals surface area (Å²) in [6.07, 6.45) is 94.2. The summed E-state index contributed by atoms with van der Waals surface area (Å²) in [7, 11) is 1.16. The van der Waals surface area contributed by atoms with Crippen LogP contribution < -0.4 is 4.89 Å². The Hall–Kier alpha value is -3.59. The van der Waals surface area contributed by atoms with Crippen LogP contribution in [0.25, 0.3) is 0 Å². The van der Waals surface area contributed by atoms with Gasteiger partial charge >= 0.3 is 11.9 Å². The first-order valence-electron chi connectivity index (χ1n) is 35.2. The first kappa shape index (κ1) is 82.4. The molecule has 0 aromatic rings. The van der Waals surface area contributed by atoms with Crippen molar-refractivity contribution in [3.63, 3.8) is 0 Å². The standard InChI is InChI=1S/C76H132NO8P/c1-6-8-10-12-14-16-18-20-22-24-26-28-30-32-34-36-37-38-39-41-43-45-47-49-51-53-55-57-59-61-63-65-67-69-76(79)85-74(73-84-86(80,81)83-71-70-77(3,4)5)72-82-75(78)68-66-64-62-60-58-56-54-52-50-48-46-44-42-40-35-33-31-29-27-25-23-21-19-17-15-13-11-9-7-2/h8-11,14-17,20-23,26-29,32-35,74H,6-7,12-13,18-19,24-25,30-31,36-73H2,1-5H3/b10-8-,11-9-,16-14-,17-15-,22-20-,23-21-,28-26-,29-27-,34-32-,35-33-. The molecule has 0 aliphatic rings. The summed E-state index contributed by atoms with van der Waals surface area (Å²) in [5, 5.41) is 0. The van der Waals surface area contributed by atoms with Crippen LogP contribution in [0.4, 0.5) is 0 Å². The van der Waals surface area contributed by atoms with Crippen LogP contribution in [0.3, 0.4) is 0 Å². The van der Waals surface area contributed by atoms with Crippen molar-refractivity contribution in [1.29, 1.82) is 0 Å². The van der Waals surface area contributed by atoms with Crippen molar-refractivity contribution in [2.24, 2.45) is 0 Å². The minimum Gasteiger partial charge on any atom is -0.756 e. The van der Waals surface area contributed by atoms with Gasteiger partial charge in [0.2, 0.25) is 0 Å². The molecule has 0 rings (SSSR count). The van der Waals surface area contributed by atoms with Crippen molar-refractivity contribution in [3.8, 4) is 0 Å². The highest BCUT2D eigenvalue weighted by atomic mass is 31.2. The van der Waals surface area contributed by atoms with Crippen molar-refractivity contribution >= 4 is 19.8 Å². The zero-order valence-electron chi connectivity index (χ0n) is 56.2. The number of phosphoric acid groups is 1. The molecule has 0 saturated carbocycles. The molecule has 0 aromatic heterocycles. The lowest BCUT2D eigenvalue weighted by atomic mass is 10.0. The molecule has 0 aliphatic carbocycles. The summed E-state index contributed by atoms with van der Waals surface area (Å²) < 4.78 is 34.3. The number of hydrogen-bond acceptors (Lipinski definition) is 8. The maximum absolute atomic E-state index is 12.9. The summed E-state index contributed by atoms with van der Waals surface area (Å²) in [4.78, 5) is 38.1. The van der Waals surface area contributed by atoms with Gasteiger partial charge in [-0.15, -0.1) is 0 Å². The Bertz CT molecular complexity index is 1870. The zero-order chi connectivity index (χ0) is 62.6. The van der Waals surface area contributed by atoms with Crippen LogP contribution >= 0.6 is 7.82 Å². The molecule has 10 heteroatoms. The highest BCUT2D eigenvalue weighted by Gasteiger charge is 2.22. The topological polar surface area (TPSA) is 111 Å². The van der Waals surface area contributed by atoms with E-state index in [1.54, 1.807) is 0 Å². The fourth-order valence-corrected chi connectivity index (χ4v) is 10.4. The van der Waals surface area contributed by atoms with Gasteiger partial charge in [-0.1, -0.05) is 302 Å². The van der Waals surface area contributed by atoms with Gasteiger partial charge in [-0.3, -0.25) is 14.2 Å². The molecule has 2 unspecified atom stereocenters. The molecule has 0 bridgehead atoms. The summed E-state index contributed by atoms with van der Waals surface area (Å²) in [5.74, 6) is -0.830. The lowest BCUT2D eigenvalue weighted by Gasteiger charge is -2.28. The Morgan fingerprint density at radius 1 is 0.360 bits per heavy atom. The molecular weight excluding hydrogens is 1090 g/mol. The highest BCUT2D eigenvalue weighted by molar-refractivity contribution is 7.45. The molecular formula is C76H132NO8P. The van der Waals surface area contributed by atoms with E-state index in [4.69, 9.17) is 18.5 Å². The Morgan fingerprint density at radius 3 is 0.930 bits per heavy atom. The molecule has 0 spiro atoms. The van der Waals surface area contributed by atoms with Crippen molar-refractivity contribution in [3.05, 3.63) is 122 Å². The van der Waals surface area contributed by atoms with E-state index in [1.807, 2.05) is 21.1 Å². The number of unbranched alkanes of at least 4 members (excludes halogenated alkanes) is 30. The number of nitrogens with zero attached hydrogens (tertiary/aromatic N) is 1. The van der Waals surface area contributed by atoms with Crippen LogP contribution in [-0.2, 0) is 32.7 Å². The second-order valence-electron chi connectivity index (χ2n) is 24.5. The first-order chi connectivity index (χ1) is 42.0. The van der Waals surface area contributed by atoms with E-state index in [0.717, 1.165) is 103 Å². The molecule has 0 saturated heterocycles. The first-order valence-corrected chi connectivity index (χ1v) is 36.7. The van der Waals surface area contributed by atoms with Gasteiger partial charge < -0.3 is 27.9 Å². The largest absolute Gasteiger partial charge is 0.756 e. The van der Waals surface area contributed by atoms with Gasteiger partial charge in [-0.05, 0) is 103 Å². The molecule has 0 aromatic carbocycles.